The summed E-state index contributed by atoms with van der Waals surface area (Å²) in [7, 11) is -2.61. The molecule has 0 spiro atoms. The maximum Gasteiger partial charge on any atom is 0.311 e. The minimum absolute atomic E-state index is 0.117. The third-order valence-electron chi connectivity index (χ3n) is 9.92. The minimum atomic E-state index is -4.01. The van der Waals surface area contributed by atoms with Gasteiger partial charge < -0.3 is 19.1 Å². The van der Waals surface area contributed by atoms with Gasteiger partial charge in [0, 0.05) is 47.9 Å². The van der Waals surface area contributed by atoms with E-state index in [9.17, 15) is 22.7 Å². The summed E-state index contributed by atoms with van der Waals surface area (Å²) in [6.07, 6.45) is 3.92. The van der Waals surface area contributed by atoms with Gasteiger partial charge in [-0.2, -0.15) is 17.6 Å². The molecule has 3 heterocycles. The number of carbonyl (C=O) groups is 1. The predicted molar refractivity (Wildman–Crippen MR) is 159 cm³/mol. The number of nitrogens with zero attached hydrogens (tertiary/aromatic N) is 3. The second-order valence-corrected chi connectivity index (χ2v) is 14.3. The van der Waals surface area contributed by atoms with Crippen molar-refractivity contribution in [1.29, 1.82) is 0 Å². The average Bonchev–Trinajstić information content (AvgIpc) is 3.56. The van der Waals surface area contributed by atoms with Crippen molar-refractivity contribution in [3.63, 3.8) is 0 Å². The van der Waals surface area contributed by atoms with E-state index in [4.69, 9.17) is 9.47 Å². The van der Waals surface area contributed by atoms with E-state index in [1.165, 1.54) is 37.6 Å². The highest BCUT2D eigenvalue weighted by molar-refractivity contribution is 7.90. The van der Waals surface area contributed by atoms with Crippen LogP contribution in [0.4, 0.5) is 4.39 Å². The van der Waals surface area contributed by atoms with E-state index in [1.807, 2.05) is 16.7 Å². The van der Waals surface area contributed by atoms with E-state index in [0.717, 1.165) is 20.6 Å². The van der Waals surface area contributed by atoms with Gasteiger partial charge in [0.15, 0.2) is 0 Å². The normalized spacial score (nSPS) is 24.2. The number of benzene rings is 3. The molecule has 226 valence electrons. The molecule has 4 fully saturated rings. The van der Waals surface area contributed by atoms with Gasteiger partial charge in [0.2, 0.25) is 0 Å². The Morgan fingerprint density at radius 2 is 1.68 bits per heavy atom. The molecule has 0 radical (unpaired) electrons. The molecule has 4 aliphatic rings. The van der Waals surface area contributed by atoms with Gasteiger partial charge in [0.05, 0.1) is 40.3 Å². The molecule has 0 unspecified atom stereocenters. The zero-order valence-electron chi connectivity index (χ0n) is 24.0. The maximum absolute atomic E-state index is 14.1. The highest BCUT2D eigenvalue weighted by Crippen LogP contribution is 2.75. The summed E-state index contributed by atoms with van der Waals surface area (Å²) in [6, 6.07) is 18.0. The predicted octanol–water partition coefficient (Wildman–Crippen LogP) is 4.95. The van der Waals surface area contributed by atoms with Crippen LogP contribution < -0.4 is 0 Å². The van der Waals surface area contributed by atoms with Gasteiger partial charge in [0.25, 0.3) is 10.0 Å². The Morgan fingerprint density at radius 3 is 2.34 bits per heavy atom. The molecule has 1 saturated heterocycles. The second kappa shape index (κ2) is 9.23. The Labute approximate surface area is 252 Å². The van der Waals surface area contributed by atoms with E-state index in [-0.39, 0.29) is 16.7 Å². The van der Waals surface area contributed by atoms with E-state index in [2.05, 4.69) is 5.10 Å². The lowest BCUT2D eigenvalue weighted by molar-refractivity contribution is -0.198. The van der Waals surface area contributed by atoms with Crippen molar-refractivity contribution >= 4 is 37.8 Å². The highest BCUT2D eigenvalue weighted by Gasteiger charge is 2.74. The zero-order valence-corrected chi connectivity index (χ0v) is 24.8. The minimum Gasteiger partial charge on any atom is -0.469 e. The number of fused-ring (bicyclic) bond motifs is 2. The van der Waals surface area contributed by atoms with Crippen LogP contribution in [0.25, 0.3) is 27.5 Å². The molecular formula is C33H30FN3O6S. The molecule has 2 aromatic heterocycles. The van der Waals surface area contributed by atoms with Crippen LogP contribution in [0.3, 0.4) is 0 Å². The van der Waals surface area contributed by atoms with Crippen LogP contribution in [0.15, 0.2) is 77.8 Å². The number of rotatable bonds is 6. The molecule has 11 heteroatoms. The fourth-order valence-electron chi connectivity index (χ4n) is 7.94. The van der Waals surface area contributed by atoms with Crippen LogP contribution in [0.1, 0.15) is 43.4 Å². The Morgan fingerprint density at radius 1 is 1.00 bits per heavy atom. The average molecular weight is 616 g/mol. The number of aliphatic hydroxyl groups is 1. The third kappa shape index (κ3) is 3.66. The zero-order chi connectivity index (χ0) is 30.5. The van der Waals surface area contributed by atoms with Gasteiger partial charge in [-0.25, -0.2) is 4.39 Å². The van der Waals surface area contributed by atoms with Crippen LogP contribution in [0, 0.1) is 11.2 Å². The lowest BCUT2D eigenvalue weighted by atomic mass is 9.33. The molecule has 3 aliphatic carbocycles. The molecule has 44 heavy (non-hydrogen) atoms. The Kier molecular flexibility index (Phi) is 5.76. The first-order valence-corrected chi connectivity index (χ1v) is 16.1. The van der Waals surface area contributed by atoms with Gasteiger partial charge in [-0.15, -0.1) is 0 Å². The number of methoxy groups -OCH3 is 1. The molecule has 3 aromatic carbocycles. The lowest BCUT2D eigenvalue weighted by Gasteiger charge is -2.69. The largest absolute Gasteiger partial charge is 0.469 e. The SMILES string of the molecule is COC(=O)C12CC(c3c(C4(O)CCOCC4)n(-c4ccc(F)cc4)c4cc5cnn(S(=O)(=O)c6ccccc6)c5cc34)(C1)C2. The standard InChI is InChI=1S/C33H30FN3O6S/c1-42-30(38)32-18-31(19-32,20-32)28-25-16-26-21(17-35-37(26)44(40,41)24-5-3-2-4-6-24)15-27(25)36(23-9-7-22(34)8-10-23)29(28)33(39)11-13-43-14-12-33/h2-10,15-17,39H,11-14,18-20H2,1H3. The van der Waals surface area contributed by atoms with Crippen LogP contribution in [-0.2, 0) is 35.3 Å². The van der Waals surface area contributed by atoms with E-state index in [1.54, 1.807) is 30.3 Å². The molecule has 0 amide bonds. The number of hydrogen-bond acceptors (Lipinski definition) is 7. The lowest BCUT2D eigenvalue weighted by Crippen LogP contribution is -2.68. The summed E-state index contributed by atoms with van der Waals surface area (Å²) in [4.78, 5) is 12.8. The number of halogens is 1. The molecule has 1 N–H and O–H groups in total. The van der Waals surface area contributed by atoms with Gasteiger partial charge in [0.1, 0.15) is 11.4 Å². The Balaban J connectivity index is 1.44. The van der Waals surface area contributed by atoms with Crippen molar-refractivity contribution in [2.75, 3.05) is 20.3 Å². The topological polar surface area (TPSA) is 113 Å². The van der Waals surface area contributed by atoms with Crippen molar-refractivity contribution in [1.82, 2.24) is 13.8 Å². The van der Waals surface area contributed by atoms with Gasteiger partial charge in [-0.3, -0.25) is 4.79 Å². The number of carbonyl (C=O) groups excluding carboxylic acids is 1. The first-order valence-electron chi connectivity index (χ1n) is 14.6. The summed E-state index contributed by atoms with van der Waals surface area (Å²) >= 11 is 0. The van der Waals surface area contributed by atoms with Gasteiger partial charge in [-0.05, 0) is 73.4 Å². The molecule has 0 atom stereocenters. The number of aromatic nitrogens is 3. The highest BCUT2D eigenvalue weighted by atomic mass is 32.2. The quantitative estimate of drug-likeness (QED) is 0.269. The second-order valence-electron chi connectivity index (χ2n) is 12.5. The van der Waals surface area contributed by atoms with Gasteiger partial charge >= 0.3 is 5.97 Å². The fourth-order valence-corrected chi connectivity index (χ4v) is 9.22. The van der Waals surface area contributed by atoms with Crippen molar-refractivity contribution < 1.29 is 32.2 Å². The monoisotopic (exact) mass is 615 g/mol. The number of ether oxygens (including phenoxy) is 2. The third-order valence-corrected chi connectivity index (χ3v) is 11.5. The summed E-state index contributed by atoms with van der Waals surface area (Å²) in [5, 5.41) is 18.1. The van der Waals surface area contributed by atoms with Crippen LogP contribution in [0.5, 0.6) is 0 Å². The summed E-state index contributed by atoms with van der Waals surface area (Å²) in [5.41, 5.74) is 1.12. The number of esters is 1. The first-order chi connectivity index (χ1) is 21.1. The molecule has 9 nitrogen and oxygen atoms in total. The summed E-state index contributed by atoms with van der Waals surface area (Å²) in [6.45, 7) is 0.735. The molecule has 2 bridgehead atoms. The van der Waals surface area contributed by atoms with Crippen molar-refractivity contribution in [3.05, 3.63) is 90.0 Å². The van der Waals surface area contributed by atoms with Gasteiger partial charge in [-0.1, -0.05) is 18.2 Å². The summed E-state index contributed by atoms with van der Waals surface area (Å²) in [5.74, 6) is -0.617. The van der Waals surface area contributed by atoms with Crippen LogP contribution in [0.2, 0.25) is 0 Å². The molecule has 1 aliphatic heterocycles. The van der Waals surface area contributed by atoms with E-state index < -0.39 is 26.5 Å². The smallest absolute Gasteiger partial charge is 0.311 e. The first kappa shape index (κ1) is 27.5. The number of hydrogen-bond donors (Lipinski definition) is 1. The van der Waals surface area contributed by atoms with Crippen molar-refractivity contribution in [2.45, 2.75) is 48.0 Å². The Bertz CT molecular complexity index is 2060. The summed E-state index contributed by atoms with van der Waals surface area (Å²) < 4.78 is 55.4. The fraction of sp³-hybridized carbons (Fsp3) is 0.333. The van der Waals surface area contributed by atoms with Crippen molar-refractivity contribution in [3.8, 4) is 5.69 Å². The molecule has 5 aromatic rings. The van der Waals surface area contributed by atoms with Crippen LogP contribution >= 0.6 is 0 Å². The molecule has 9 rings (SSSR count). The van der Waals surface area contributed by atoms with E-state index >= 15 is 0 Å². The maximum atomic E-state index is 14.1. The molecule has 3 saturated carbocycles. The van der Waals surface area contributed by atoms with Crippen LogP contribution in [-0.4, -0.2) is 53.6 Å². The molecular weight excluding hydrogens is 585 g/mol. The van der Waals surface area contributed by atoms with Crippen molar-refractivity contribution in [2.24, 2.45) is 5.41 Å². The van der Waals surface area contributed by atoms with E-state index in [0.29, 0.717) is 67.6 Å². The Hall–Kier alpha value is -4.06.